The highest BCUT2D eigenvalue weighted by Gasteiger charge is 2.26. The molecular weight excluding hydrogens is 206 g/mol. The van der Waals surface area contributed by atoms with Crippen molar-refractivity contribution in [2.45, 2.75) is 52.1 Å². The van der Waals surface area contributed by atoms with Gasteiger partial charge in [-0.05, 0) is 37.2 Å². The molecule has 0 radical (unpaired) electrons. The molecule has 17 heavy (non-hydrogen) atoms. The summed E-state index contributed by atoms with van der Waals surface area (Å²) in [6.07, 6.45) is 4.11. The summed E-state index contributed by atoms with van der Waals surface area (Å²) in [7, 11) is 0. The van der Waals surface area contributed by atoms with Gasteiger partial charge >= 0.3 is 0 Å². The molecule has 1 aliphatic rings. The van der Waals surface area contributed by atoms with Gasteiger partial charge < -0.3 is 5.32 Å². The molecule has 1 fully saturated rings. The van der Waals surface area contributed by atoms with Crippen LogP contribution in [0, 0.1) is 11.8 Å². The maximum absolute atomic E-state index is 3.82. The Bertz CT molecular complexity index is 333. The second-order valence-electron chi connectivity index (χ2n) is 5.80. The third-order valence-electron chi connectivity index (χ3n) is 4.22. The number of hydrogen-bond donors (Lipinski definition) is 1. The van der Waals surface area contributed by atoms with E-state index in [-0.39, 0.29) is 0 Å². The van der Waals surface area contributed by atoms with E-state index in [1.807, 2.05) is 0 Å². The maximum Gasteiger partial charge on any atom is 0.0294 e. The van der Waals surface area contributed by atoms with Gasteiger partial charge in [-0.1, -0.05) is 50.6 Å². The van der Waals surface area contributed by atoms with Crippen LogP contribution in [0.2, 0.25) is 0 Å². The van der Waals surface area contributed by atoms with Crippen molar-refractivity contribution in [3.05, 3.63) is 35.9 Å². The fourth-order valence-electron chi connectivity index (χ4n) is 2.92. The van der Waals surface area contributed by atoms with Gasteiger partial charge in [-0.25, -0.2) is 0 Å². The molecule has 0 amide bonds. The lowest BCUT2D eigenvalue weighted by molar-refractivity contribution is 0.216. The van der Waals surface area contributed by atoms with E-state index in [9.17, 15) is 0 Å². The molecule has 2 rings (SSSR count). The molecule has 0 aliphatic heterocycles. The zero-order chi connectivity index (χ0) is 12.3. The van der Waals surface area contributed by atoms with Gasteiger partial charge in [0.15, 0.2) is 0 Å². The van der Waals surface area contributed by atoms with Crippen LogP contribution in [0.1, 0.15) is 51.6 Å². The molecule has 0 bridgehead atoms. The molecule has 94 valence electrons. The van der Waals surface area contributed by atoms with Crippen LogP contribution in [0.25, 0.3) is 0 Å². The first-order chi connectivity index (χ1) is 8.16. The van der Waals surface area contributed by atoms with Gasteiger partial charge in [0.25, 0.3) is 0 Å². The lowest BCUT2D eigenvalue weighted by Crippen LogP contribution is -2.40. The Morgan fingerprint density at radius 1 is 1.12 bits per heavy atom. The molecule has 0 saturated heterocycles. The third-order valence-corrected chi connectivity index (χ3v) is 4.22. The Morgan fingerprint density at radius 3 is 2.53 bits per heavy atom. The topological polar surface area (TPSA) is 12.0 Å². The second-order valence-corrected chi connectivity index (χ2v) is 5.80. The molecule has 1 saturated carbocycles. The van der Waals surface area contributed by atoms with Crippen molar-refractivity contribution in [3.63, 3.8) is 0 Å². The summed E-state index contributed by atoms with van der Waals surface area (Å²) >= 11 is 0. The molecule has 1 N–H and O–H groups in total. The van der Waals surface area contributed by atoms with Gasteiger partial charge in [-0.15, -0.1) is 0 Å². The van der Waals surface area contributed by atoms with Gasteiger partial charge in [0.1, 0.15) is 0 Å². The predicted molar refractivity (Wildman–Crippen MR) is 74.0 cm³/mol. The van der Waals surface area contributed by atoms with E-state index in [4.69, 9.17) is 0 Å². The number of nitrogens with one attached hydrogen (secondary N) is 1. The normalized spacial score (nSPS) is 31.1. The Labute approximate surface area is 106 Å². The minimum atomic E-state index is 0.467. The van der Waals surface area contributed by atoms with Gasteiger partial charge in [-0.3, -0.25) is 0 Å². The summed E-state index contributed by atoms with van der Waals surface area (Å²) in [5.74, 6) is 1.70. The minimum absolute atomic E-state index is 0.467. The quantitative estimate of drug-likeness (QED) is 0.823. The highest BCUT2D eigenvalue weighted by atomic mass is 15.0. The van der Waals surface area contributed by atoms with Crippen LogP contribution in [0.3, 0.4) is 0 Å². The summed E-state index contributed by atoms with van der Waals surface area (Å²) in [6, 6.07) is 11.9. The molecule has 1 heteroatoms. The van der Waals surface area contributed by atoms with Crippen molar-refractivity contribution in [2.75, 3.05) is 0 Å². The molecule has 3 unspecified atom stereocenters. The van der Waals surface area contributed by atoms with Crippen LogP contribution < -0.4 is 5.32 Å². The van der Waals surface area contributed by atoms with Crippen LogP contribution in [-0.2, 0) is 0 Å². The fraction of sp³-hybridized carbons (Fsp3) is 0.625. The Kier molecular flexibility index (Phi) is 4.22. The predicted octanol–water partition coefficient (Wildman–Crippen LogP) is 4.16. The number of benzene rings is 1. The smallest absolute Gasteiger partial charge is 0.0294 e. The third kappa shape index (κ3) is 3.32. The lowest BCUT2D eigenvalue weighted by atomic mass is 9.79. The van der Waals surface area contributed by atoms with Gasteiger partial charge in [-0.2, -0.15) is 0 Å². The standard InChI is InChI=1S/C16H25N/c1-12-9-10-13(2)16(11-12)17-14(3)15-7-5-4-6-8-15/h4-8,12-14,16-17H,9-11H2,1-3H3/t12?,13?,14-,16?/m1/s1. The van der Waals surface area contributed by atoms with Crippen LogP contribution in [-0.4, -0.2) is 6.04 Å². The summed E-state index contributed by atoms with van der Waals surface area (Å²) in [5, 5.41) is 3.82. The maximum atomic E-state index is 3.82. The SMILES string of the molecule is CC1CCC(C)C(N[C@H](C)c2ccccc2)C1. The van der Waals surface area contributed by atoms with Crippen LogP contribution >= 0.6 is 0 Å². The minimum Gasteiger partial charge on any atom is -0.307 e. The highest BCUT2D eigenvalue weighted by molar-refractivity contribution is 5.18. The average molecular weight is 231 g/mol. The van der Waals surface area contributed by atoms with Crippen LogP contribution in [0.5, 0.6) is 0 Å². The zero-order valence-electron chi connectivity index (χ0n) is 11.3. The van der Waals surface area contributed by atoms with Crippen LogP contribution in [0.15, 0.2) is 30.3 Å². The molecule has 0 heterocycles. The van der Waals surface area contributed by atoms with Crippen molar-refractivity contribution >= 4 is 0 Å². The van der Waals surface area contributed by atoms with Crippen molar-refractivity contribution in [1.29, 1.82) is 0 Å². The summed E-state index contributed by atoms with van der Waals surface area (Å²) in [4.78, 5) is 0. The van der Waals surface area contributed by atoms with Crippen LogP contribution in [0.4, 0.5) is 0 Å². The first-order valence-electron chi connectivity index (χ1n) is 6.98. The summed E-state index contributed by atoms with van der Waals surface area (Å²) in [6.45, 7) is 7.05. The largest absolute Gasteiger partial charge is 0.307 e. The van der Waals surface area contributed by atoms with E-state index in [1.54, 1.807) is 0 Å². The summed E-state index contributed by atoms with van der Waals surface area (Å²) in [5.41, 5.74) is 1.40. The molecule has 4 atom stereocenters. The van der Waals surface area contributed by atoms with E-state index in [1.165, 1.54) is 24.8 Å². The molecule has 1 aromatic carbocycles. The number of hydrogen-bond acceptors (Lipinski definition) is 1. The fourth-order valence-corrected chi connectivity index (χ4v) is 2.92. The van der Waals surface area contributed by atoms with E-state index >= 15 is 0 Å². The summed E-state index contributed by atoms with van der Waals surface area (Å²) < 4.78 is 0. The Morgan fingerprint density at radius 2 is 1.82 bits per heavy atom. The molecule has 0 spiro atoms. The first kappa shape index (κ1) is 12.6. The Hall–Kier alpha value is -0.820. The van der Waals surface area contributed by atoms with E-state index < -0.39 is 0 Å². The van der Waals surface area contributed by atoms with E-state index in [0.717, 1.165) is 11.8 Å². The first-order valence-corrected chi connectivity index (χ1v) is 6.98. The van der Waals surface area contributed by atoms with E-state index in [0.29, 0.717) is 12.1 Å². The van der Waals surface area contributed by atoms with Crippen molar-refractivity contribution in [2.24, 2.45) is 11.8 Å². The molecule has 1 nitrogen and oxygen atoms in total. The molecule has 1 aliphatic carbocycles. The van der Waals surface area contributed by atoms with Crippen molar-refractivity contribution in [3.8, 4) is 0 Å². The molecule has 1 aromatic rings. The zero-order valence-corrected chi connectivity index (χ0v) is 11.3. The van der Waals surface area contributed by atoms with Gasteiger partial charge in [0.05, 0.1) is 0 Å². The Balaban J connectivity index is 1.96. The molecular formula is C16H25N. The van der Waals surface area contributed by atoms with Crippen molar-refractivity contribution in [1.82, 2.24) is 5.32 Å². The highest BCUT2D eigenvalue weighted by Crippen LogP contribution is 2.30. The number of rotatable bonds is 3. The monoisotopic (exact) mass is 231 g/mol. The molecule has 0 aromatic heterocycles. The van der Waals surface area contributed by atoms with Gasteiger partial charge in [0, 0.05) is 12.1 Å². The average Bonchev–Trinajstić information content (AvgIpc) is 2.35. The van der Waals surface area contributed by atoms with Gasteiger partial charge in [0.2, 0.25) is 0 Å². The van der Waals surface area contributed by atoms with Crippen molar-refractivity contribution < 1.29 is 0 Å². The lowest BCUT2D eigenvalue weighted by Gasteiger charge is -2.35. The van der Waals surface area contributed by atoms with E-state index in [2.05, 4.69) is 56.4 Å². The second kappa shape index (κ2) is 5.68.